The Hall–Kier alpha value is -2.18. The van der Waals surface area contributed by atoms with E-state index in [4.69, 9.17) is 0 Å². The number of benzene rings is 1. The predicted octanol–water partition coefficient (Wildman–Crippen LogP) is 3.47. The number of carbonyl (C=O) groups is 1. The summed E-state index contributed by atoms with van der Waals surface area (Å²) in [5.74, 6) is 0.543. The predicted molar refractivity (Wildman–Crippen MR) is 92.9 cm³/mol. The molecule has 2 aromatic heterocycles. The van der Waals surface area contributed by atoms with E-state index in [0.717, 1.165) is 16.8 Å². The Morgan fingerprint density at radius 2 is 2.00 bits per heavy atom. The van der Waals surface area contributed by atoms with Crippen molar-refractivity contribution in [2.24, 2.45) is 0 Å². The maximum atomic E-state index is 12.4. The molecule has 0 spiro atoms. The minimum atomic E-state index is -0.116. The minimum Gasteiger partial charge on any atom is -0.306 e. The lowest BCUT2D eigenvalue weighted by molar-refractivity contribution is 0.102. The van der Waals surface area contributed by atoms with Gasteiger partial charge in [0, 0.05) is 12.1 Å². The van der Waals surface area contributed by atoms with Crippen molar-refractivity contribution in [2.75, 3.05) is 18.4 Å². The van der Waals surface area contributed by atoms with Gasteiger partial charge >= 0.3 is 0 Å². The zero-order valence-electron chi connectivity index (χ0n) is 12.7. The minimum absolute atomic E-state index is 0.116. The Labute approximate surface area is 138 Å². The summed E-state index contributed by atoms with van der Waals surface area (Å²) in [6.45, 7) is 3.33. The third-order valence-electron chi connectivity index (χ3n) is 4.24. The molecule has 1 aromatic carbocycles. The van der Waals surface area contributed by atoms with Crippen molar-refractivity contribution in [3.63, 3.8) is 0 Å². The topological polar surface area (TPSA) is 61.0 Å². The van der Waals surface area contributed by atoms with Crippen molar-refractivity contribution in [1.82, 2.24) is 15.1 Å². The molecule has 1 amide bonds. The molecule has 0 atom stereocenters. The Bertz CT molecular complexity index is 815. The number of amides is 1. The molecular weight excluding hydrogens is 308 g/mol. The van der Waals surface area contributed by atoms with E-state index in [1.165, 1.54) is 31.5 Å². The van der Waals surface area contributed by atoms with Crippen LogP contribution in [0.15, 0.2) is 35.7 Å². The van der Waals surface area contributed by atoms with Gasteiger partial charge < -0.3 is 5.32 Å². The van der Waals surface area contributed by atoms with E-state index >= 15 is 0 Å². The number of thiophene rings is 1. The fourth-order valence-electron chi connectivity index (χ4n) is 2.99. The largest absolute Gasteiger partial charge is 0.306 e. The van der Waals surface area contributed by atoms with E-state index in [9.17, 15) is 4.79 Å². The van der Waals surface area contributed by atoms with Crippen LogP contribution in [0.2, 0.25) is 0 Å². The average Bonchev–Trinajstić information content (AvgIpc) is 3.28. The van der Waals surface area contributed by atoms with Gasteiger partial charge in [-0.15, -0.1) is 11.3 Å². The molecule has 1 fully saturated rings. The van der Waals surface area contributed by atoms with Gasteiger partial charge in [-0.2, -0.15) is 5.10 Å². The standard InChI is InChI=1S/C17H18N4OS/c22-16(18-15-14-7-10-23-17(14)20-19-15)13-5-3-12(4-6-13)11-21-8-1-2-9-21/h3-7,10H,1-2,8-9,11H2,(H2,18,19,20,22). The number of rotatable bonds is 4. The van der Waals surface area contributed by atoms with E-state index < -0.39 is 0 Å². The van der Waals surface area contributed by atoms with E-state index in [1.807, 2.05) is 35.7 Å². The molecular formula is C17H18N4OS. The second-order valence-electron chi connectivity index (χ2n) is 5.87. The van der Waals surface area contributed by atoms with Crippen LogP contribution in [0, 0.1) is 0 Å². The van der Waals surface area contributed by atoms with Gasteiger partial charge in [-0.3, -0.25) is 14.8 Å². The first-order chi connectivity index (χ1) is 11.3. The van der Waals surface area contributed by atoms with Crippen LogP contribution in [-0.2, 0) is 6.54 Å². The maximum Gasteiger partial charge on any atom is 0.256 e. The summed E-state index contributed by atoms with van der Waals surface area (Å²) >= 11 is 1.55. The van der Waals surface area contributed by atoms with Gasteiger partial charge in [0.1, 0.15) is 10.6 Å². The van der Waals surface area contributed by atoms with Crippen molar-refractivity contribution in [1.29, 1.82) is 0 Å². The van der Waals surface area contributed by atoms with Gasteiger partial charge in [0.05, 0.1) is 5.39 Å². The molecule has 4 rings (SSSR count). The highest BCUT2D eigenvalue weighted by Gasteiger charge is 2.13. The van der Waals surface area contributed by atoms with Gasteiger partial charge in [-0.05, 0) is 55.1 Å². The molecule has 6 heteroatoms. The first-order valence-electron chi connectivity index (χ1n) is 7.84. The number of H-pyrrole nitrogens is 1. The Kier molecular flexibility index (Phi) is 3.85. The van der Waals surface area contributed by atoms with Gasteiger partial charge in [-0.1, -0.05) is 12.1 Å². The molecule has 0 unspecified atom stereocenters. The average molecular weight is 326 g/mol. The summed E-state index contributed by atoms with van der Waals surface area (Å²) in [4.78, 5) is 15.7. The number of aromatic nitrogens is 2. The van der Waals surface area contributed by atoms with Crippen LogP contribution in [0.4, 0.5) is 5.82 Å². The number of aromatic amines is 1. The van der Waals surface area contributed by atoms with Crippen molar-refractivity contribution in [2.45, 2.75) is 19.4 Å². The molecule has 3 heterocycles. The summed E-state index contributed by atoms with van der Waals surface area (Å²) in [5, 5.41) is 12.9. The van der Waals surface area contributed by atoms with Crippen LogP contribution in [0.5, 0.6) is 0 Å². The quantitative estimate of drug-likeness (QED) is 0.772. The Balaban J connectivity index is 1.44. The smallest absolute Gasteiger partial charge is 0.256 e. The monoisotopic (exact) mass is 326 g/mol. The lowest BCUT2D eigenvalue weighted by Crippen LogP contribution is -2.18. The molecule has 1 aliphatic heterocycles. The van der Waals surface area contributed by atoms with Gasteiger partial charge in [0.2, 0.25) is 0 Å². The molecule has 0 aliphatic carbocycles. The van der Waals surface area contributed by atoms with Crippen LogP contribution in [0.1, 0.15) is 28.8 Å². The van der Waals surface area contributed by atoms with Crippen LogP contribution in [0.3, 0.4) is 0 Å². The lowest BCUT2D eigenvalue weighted by atomic mass is 10.1. The molecule has 0 radical (unpaired) electrons. The molecule has 5 nitrogen and oxygen atoms in total. The third-order valence-corrected chi connectivity index (χ3v) is 5.05. The summed E-state index contributed by atoms with van der Waals surface area (Å²) in [6, 6.07) is 9.82. The highest BCUT2D eigenvalue weighted by Crippen LogP contribution is 2.25. The number of nitrogens with one attached hydrogen (secondary N) is 2. The number of likely N-dealkylation sites (tertiary alicyclic amines) is 1. The second-order valence-corrected chi connectivity index (χ2v) is 6.77. The highest BCUT2D eigenvalue weighted by molar-refractivity contribution is 7.16. The first-order valence-corrected chi connectivity index (χ1v) is 8.72. The third kappa shape index (κ3) is 3.00. The molecule has 23 heavy (non-hydrogen) atoms. The summed E-state index contributed by atoms with van der Waals surface area (Å²) < 4.78 is 0. The number of fused-ring (bicyclic) bond motifs is 1. The Morgan fingerprint density at radius 1 is 1.22 bits per heavy atom. The second kappa shape index (κ2) is 6.14. The molecule has 118 valence electrons. The number of hydrogen-bond donors (Lipinski definition) is 2. The fraction of sp³-hybridized carbons (Fsp3) is 0.294. The van der Waals surface area contributed by atoms with Crippen LogP contribution >= 0.6 is 11.3 Å². The van der Waals surface area contributed by atoms with E-state index in [2.05, 4.69) is 20.4 Å². The summed E-state index contributed by atoms with van der Waals surface area (Å²) in [6.07, 6.45) is 2.59. The van der Waals surface area contributed by atoms with Gasteiger partial charge in [0.15, 0.2) is 0 Å². The SMILES string of the molecule is O=C(Nc1[nH]nc2sccc12)c1ccc(CN2CCCC2)cc1. The maximum absolute atomic E-state index is 12.4. The van der Waals surface area contributed by atoms with E-state index in [-0.39, 0.29) is 5.91 Å². The zero-order chi connectivity index (χ0) is 15.6. The molecule has 0 bridgehead atoms. The zero-order valence-corrected chi connectivity index (χ0v) is 13.5. The molecule has 0 saturated carbocycles. The number of nitrogens with zero attached hydrogens (tertiary/aromatic N) is 2. The first kappa shape index (κ1) is 14.4. The lowest BCUT2D eigenvalue weighted by Gasteiger charge is -2.14. The Morgan fingerprint density at radius 3 is 2.78 bits per heavy atom. The van der Waals surface area contributed by atoms with Gasteiger partial charge in [-0.25, -0.2) is 0 Å². The fourth-order valence-corrected chi connectivity index (χ4v) is 3.71. The van der Waals surface area contributed by atoms with E-state index in [0.29, 0.717) is 11.4 Å². The van der Waals surface area contributed by atoms with E-state index in [1.54, 1.807) is 11.3 Å². The van der Waals surface area contributed by atoms with Crippen molar-refractivity contribution in [3.05, 3.63) is 46.8 Å². The number of hydrogen-bond acceptors (Lipinski definition) is 4. The van der Waals surface area contributed by atoms with Crippen molar-refractivity contribution in [3.8, 4) is 0 Å². The van der Waals surface area contributed by atoms with Crippen LogP contribution < -0.4 is 5.32 Å². The normalized spacial score (nSPS) is 15.3. The number of anilines is 1. The van der Waals surface area contributed by atoms with Crippen LogP contribution in [0.25, 0.3) is 10.2 Å². The van der Waals surface area contributed by atoms with Crippen LogP contribution in [-0.4, -0.2) is 34.1 Å². The molecule has 2 N–H and O–H groups in total. The molecule has 1 saturated heterocycles. The number of carbonyl (C=O) groups excluding carboxylic acids is 1. The highest BCUT2D eigenvalue weighted by atomic mass is 32.1. The summed E-state index contributed by atoms with van der Waals surface area (Å²) in [5.41, 5.74) is 1.92. The van der Waals surface area contributed by atoms with Gasteiger partial charge in [0.25, 0.3) is 5.91 Å². The van der Waals surface area contributed by atoms with Crippen molar-refractivity contribution >= 4 is 33.3 Å². The molecule has 1 aliphatic rings. The molecule has 3 aromatic rings. The summed E-state index contributed by atoms with van der Waals surface area (Å²) in [7, 11) is 0. The van der Waals surface area contributed by atoms with Crippen molar-refractivity contribution < 1.29 is 4.79 Å².